The molecule has 2 saturated heterocycles. The van der Waals surface area contributed by atoms with Crippen LogP contribution in [0.1, 0.15) is 81.3 Å². The molecule has 1 aliphatic carbocycles. The highest BCUT2D eigenvalue weighted by atomic mass is 19.3. The Morgan fingerprint density at radius 2 is 1.76 bits per heavy atom. The van der Waals surface area contributed by atoms with Crippen LogP contribution in [-0.2, 0) is 52.3 Å². The van der Waals surface area contributed by atoms with Crippen LogP contribution in [0.25, 0.3) is 10.9 Å². The van der Waals surface area contributed by atoms with Gasteiger partial charge in [0.1, 0.15) is 11.2 Å². The zero-order chi connectivity index (χ0) is 44.3. The lowest BCUT2D eigenvalue weighted by Crippen LogP contribution is -2.81. The number of aryl methyl sites for hydroxylation is 1. The van der Waals surface area contributed by atoms with Crippen molar-refractivity contribution in [3.63, 3.8) is 0 Å². The molecule has 2 unspecified atom stereocenters. The summed E-state index contributed by atoms with van der Waals surface area (Å²) in [7, 11) is 5.98. The molecular weight excluding hydrogens is 799 g/mol. The van der Waals surface area contributed by atoms with E-state index in [1.807, 2.05) is 49.2 Å². The number of hydrogen-bond donors (Lipinski definition) is 2. The van der Waals surface area contributed by atoms with Crippen molar-refractivity contribution in [1.82, 2.24) is 14.8 Å². The lowest BCUT2D eigenvalue weighted by Gasteiger charge is -2.63. The number of H-pyrrole nitrogens is 1. The fraction of sp³-hybridized carbons (Fsp3) is 0.604. The number of esters is 3. The van der Waals surface area contributed by atoms with Gasteiger partial charge in [-0.2, -0.15) is 0 Å². The molecule has 0 radical (unpaired) electrons. The van der Waals surface area contributed by atoms with Crippen LogP contribution in [0, 0.1) is 17.3 Å². The number of hydrogen-bond acceptors (Lipinski definition) is 11. The number of aromatic nitrogens is 1. The highest BCUT2D eigenvalue weighted by Gasteiger charge is 2.80. The van der Waals surface area contributed by atoms with Gasteiger partial charge in [-0.3, -0.25) is 14.5 Å². The SMILES string of the molecule is CCc1ccc2[nH]c3c(c2c1)CCN1CC(C(C)(F)F)C[C@@H](C1)C[C@]3(C(=O)OC)c1cc2c(cc1OC)N(C)[C@H]1[C@@](O)(C(=O)OC)[C@H](OC(C)=O)[C@]3(CC)C=CCN4CC[C@]21[C@@H]43. The van der Waals surface area contributed by atoms with Crippen molar-refractivity contribution in [2.45, 2.75) is 107 Å². The third kappa shape index (κ3) is 5.66. The van der Waals surface area contributed by atoms with E-state index >= 15 is 13.6 Å². The smallest absolute Gasteiger partial charge is 0.344 e. The van der Waals surface area contributed by atoms with Gasteiger partial charge in [-0.25, -0.2) is 13.6 Å². The summed E-state index contributed by atoms with van der Waals surface area (Å²) in [4.78, 5) is 53.0. The fourth-order valence-corrected chi connectivity index (χ4v) is 13.7. The predicted octanol–water partition coefficient (Wildman–Crippen LogP) is 5.68. The summed E-state index contributed by atoms with van der Waals surface area (Å²) in [5.41, 5.74) is -0.347. The van der Waals surface area contributed by atoms with E-state index in [9.17, 15) is 14.7 Å². The number of nitrogens with zero attached hydrogens (tertiary/aromatic N) is 3. The monoisotopic (exact) mass is 858 g/mol. The lowest BCUT2D eigenvalue weighted by molar-refractivity contribution is -0.228. The first-order valence-electron chi connectivity index (χ1n) is 22.2. The Kier molecular flexibility index (Phi) is 10.2. The van der Waals surface area contributed by atoms with Gasteiger partial charge in [0.05, 0.1) is 27.4 Å². The maximum atomic E-state index is 15.4. The molecule has 1 aromatic heterocycles. The van der Waals surface area contributed by atoms with Crippen molar-refractivity contribution in [3.8, 4) is 5.75 Å². The number of methoxy groups -OCH3 is 3. The summed E-state index contributed by atoms with van der Waals surface area (Å²) in [6.07, 6.45) is 5.36. The van der Waals surface area contributed by atoms with E-state index in [0.717, 1.165) is 40.9 Å². The highest BCUT2D eigenvalue weighted by molar-refractivity contribution is 5.95. The van der Waals surface area contributed by atoms with Crippen LogP contribution >= 0.6 is 0 Å². The third-order valence-corrected chi connectivity index (χ3v) is 16.1. The molecule has 2 N–H and O–H groups in total. The maximum absolute atomic E-state index is 15.4. The molecule has 3 aromatic rings. The molecule has 62 heavy (non-hydrogen) atoms. The topological polar surface area (TPSA) is 134 Å². The van der Waals surface area contributed by atoms with Gasteiger partial charge in [-0.1, -0.05) is 32.1 Å². The van der Waals surface area contributed by atoms with Gasteiger partial charge in [-0.05, 0) is 92.8 Å². The van der Waals surface area contributed by atoms with Crippen LogP contribution in [0.2, 0.25) is 0 Å². The summed E-state index contributed by atoms with van der Waals surface area (Å²) in [6.45, 7) is 8.91. The number of likely N-dealkylation sites (N-methyl/N-ethyl adjacent to an activating group) is 1. The number of alkyl halides is 2. The van der Waals surface area contributed by atoms with Crippen molar-refractivity contribution in [2.75, 3.05) is 66.0 Å². The largest absolute Gasteiger partial charge is 0.496 e. The number of nitrogens with one attached hydrogen (secondary N) is 1. The van der Waals surface area contributed by atoms with Gasteiger partial charge >= 0.3 is 17.9 Å². The number of aromatic amines is 1. The molecular formula is C48H60F2N4O8. The molecule has 2 aromatic carbocycles. The second-order valence-electron chi connectivity index (χ2n) is 19.0. The number of halogens is 2. The average molecular weight is 859 g/mol. The van der Waals surface area contributed by atoms with Gasteiger partial charge in [0.15, 0.2) is 6.10 Å². The molecule has 6 heterocycles. The number of carbonyl (C=O) groups is 3. The van der Waals surface area contributed by atoms with Crippen LogP contribution in [0.5, 0.6) is 5.75 Å². The van der Waals surface area contributed by atoms with Gasteiger partial charge < -0.3 is 38.8 Å². The first-order valence-corrected chi connectivity index (χ1v) is 22.2. The number of rotatable bonds is 8. The van der Waals surface area contributed by atoms with Crippen LogP contribution in [0.4, 0.5) is 14.5 Å². The quantitative estimate of drug-likeness (QED) is 0.165. The average Bonchev–Trinajstić information content (AvgIpc) is 3.91. The Balaban J connectivity index is 1.36. The zero-order valence-corrected chi connectivity index (χ0v) is 37.1. The van der Waals surface area contributed by atoms with Gasteiger partial charge in [-0.15, -0.1) is 0 Å². The number of benzene rings is 2. The standard InChI is InChI=1S/C48H60F2N4O8/c1-9-28-12-13-35-32(21-28)31-14-18-53-25-29(20-30(26-53)44(4,49)50)24-47(38(31)51-35,42(56)60-7)34-22-33-36(23-37(34)59-6)52(5)40-46(33)16-19-54-17-11-15-45(10-2,39(46)54)41(62-27(3)55)48(40,58)43(57)61-8/h11-13,15,21-23,29-30,39-41,51,58H,9-10,14,16-20,24-26H2,1-8H3/t29-,30?,39+,40-,41-,45-,46-,47+,48+/m1/s1. The van der Waals surface area contributed by atoms with Gasteiger partial charge in [0.25, 0.3) is 0 Å². The second-order valence-corrected chi connectivity index (χ2v) is 19.0. The van der Waals surface area contributed by atoms with Crippen LogP contribution in [0.3, 0.4) is 0 Å². The second kappa shape index (κ2) is 14.8. The summed E-state index contributed by atoms with van der Waals surface area (Å²) in [5.74, 6) is -5.90. The van der Waals surface area contributed by atoms with E-state index in [0.29, 0.717) is 68.1 Å². The Labute approximate surface area is 361 Å². The molecule has 1 spiro atoms. The molecule has 9 rings (SSSR count). The van der Waals surface area contributed by atoms with Crippen LogP contribution < -0.4 is 9.64 Å². The Hall–Kier alpha value is -4.53. The minimum atomic E-state index is -2.93. The third-order valence-electron chi connectivity index (χ3n) is 16.1. The van der Waals surface area contributed by atoms with Crippen molar-refractivity contribution in [3.05, 3.63) is 70.4 Å². The molecule has 0 amide bonds. The lowest BCUT2D eigenvalue weighted by atomic mass is 9.47. The number of fused-ring (bicyclic) bond motifs is 6. The number of ether oxygens (including phenoxy) is 4. The zero-order valence-electron chi connectivity index (χ0n) is 37.1. The molecule has 3 fully saturated rings. The molecule has 1 saturated carbocycles. The first kappa shape index (κ1) is 42.8. The summed E-state index contributed by atoms with van der Waals surface area (Å²) in [5, 5.41) is 14.3. The Bertz CT molecular complexity index is 2360. The molecule has 334 valence electrons. The number of anilines is 1. The summed E-state index contributed by atoms with van der Waals surface area (Å²) in [6, 6.07) is 8.87. The molecule has 2 bridgehead atoms. The molecule has 14 heteroatoms. The molecule has 6 aliphatic rings. The maximum Gasteiger partial charge on any atom is 0.344 e. The minimum absolute atomic E-state index is 0.155. The van der Waals surface area contributed by atoms with E-state index < -0.39 is 63.7 Å². The van der Waals surface area contributed by atoms with Crippen LogP contribution in [0.15, 0.2) is 42.5 Å². The van der Waals surface area contributed by atoms with Crippen molar-refractivity contribution in [1.29, 1.82) is 0 Å². The molecule has 5 aliphatic heterocycles. The van der Waals surface area contributed by atoms with E-state index in [1.54, 1.807) is 7.11 Å². The van der Waals surface area contributed by atoms with Crippen LogP contribution in [-0.4, -0.2) is 129 Å². The predicted molar refractivity (Wildman–Crippen MR) is 229 cm³/mol. The van der Waals surface area contributed by atoms with Gasteiger partial charge in [0, 0.05) is 96.9 Å². The summed E-state index contributed by atoms with van der Waals surface area (Å²) >= 11 is 0. The van der Waals surface area contributed by atoms with Crippen molar-refractivity contribution >= 4 is 34.5 Å². The Morgan fingerprint density at radius 3 is 2.42 bits per heavy atom. The van der Waals surface area contributed by atoms with E-state index in [2.05, 4.69) is 33.8 Å². The van der Waals surface area contributed by atoms with Crippen molar-refractivity contribution in [2.24, 2.45) is 17.3 Å². The normalized spacial score (nSPS) is 34.9. The molecule has 12 nitrogen and oxygen atoms in total. The van der Waals surface area contributed by atoms with E-state index in [4.69, 9.17) is 18.9 Å². The number of aliphatic hydroxyl groups is 1. The van der Waals surface area contributed by atoms with Crippen molar-refractivity contribution < 1.29 is 47.2 Å². The first-order chi connectivity index (χ1) is 29.5. The number of piperidine rings is 1. The summed E-state index contributed by atoms with van der Waals surface area (Å²) < 4.78 is 54.7. The van der Waals surface area contributed by atoms with Gasteiger partial charge in [0.2, 0.25) is 11.5 Å². The molecule has 10 atom stereocenters. The Morgan fingerprint density at radius 1 is 1.00 bits per heavy atom. The highest BCUT2D eigenvalue weighted by Crippen LogP contribution is 2.68. The van der Waals surface area contributed by atoms with E-state index in [-0.39, 0.29) is 31.3 Å². The minimum Gasteiger partial charge on any atom is -0.496 e. The number of carbonyl (C=O) groups excluding carboxylic acids is 3. The van der Waals surface area contributed by atoms with E-state index in [1.165, 1.54) is 21.1 Å². The fourth-order valence-electron chi connectivity index (χ4n) is 13.7.